The fraction of sp³-hybridized carbons (Fsp3) is 0.133. The summed E-state index contributed by atoms with van der Waals surface area (Å²) in [5, 5.41) is 3.38. The summed E-state index contributed by atoms with van der Waals surface area (Å²) in [7, 11) is 0. The fourth-order valence-electron chi connectivity index (χ4n) is 1.79. The number of nitrogens with one attached hydrogen (secondary N) is 2. The predicted molar refractivity (Wildman–Crippen MR) is 85.4 cm³/mol. The SMILES string of the molecule is Cc1cc(C)cc(SNC(=O)Nc2ccc(Cl)cc2)c1. The zero-order chi connectivity index (χ0) is 14.5. The van der Waals surface area contributed by atoms with Crippen LogP contribution in [0.15, 0.2) is 47.4 Å². The molecule has 2 aromatic carbocycles. The van der Waals surface area contributed by atoms with Gasteiger partial charge in [-0.2, -0.15) is 0 Å². The van der Waals surface area contributed by atoms with Crippen molar-refractivity contribution in [2.75, 3.05) is 5.32 Å². The number of benzene rings is 2. The first kappa shape index (κ1) is 14.8. The van der Waals surface area contributed by atoms with Gasteiger partial charge in [-0.05, 0) is 73.3 Å². The van der Waals surface area contributed by atoms with Crippen LogP contribution in [0.2, 0.25) is 5.02 Å². The Morgan fingerprint density at radius 1 is 1.05 bits per heavy atom. The van der Waals surface area contributed by atoms with Crippen LogP contribution in [0.25, 0.3) is 0 Å². The molecule has 0 aromatic heterocycles. The second-order valence-corrected chi connectivity index (χ2v) is 5.80. The van der Waals surface area contributed by atoms with E-state index in [1.165, 1.54) is 23.1 Å². The van der Waals surface area contributed by atoms with E-state index in [0.717, 1.165) is 4.90 Å². The smallest absolute Gasteiger partial charge is 0.307 e. The van der Waals surface area contributed by atoms with Crippen molar-refractivity contribution in [3.05, 3.63) is 58.6 Å². The van der Waals surface area contributed by atoms with Crippen molar-refractivity contribution in [2.45, 2.75) is 18.7 Å². The molecule has 3 nitrogen and oxygen atoms in total. The number of anilines is 1. The number of hydrogen-bond acceptors (Lipinski definition) is 2. The average molecular weight is 307 g/mol. The third kappa shape index (κ3) is 4.47. The van der Waals surface area contributed by atoms with E-state index >= 15 is 0 Å². The molecule has 5 heteroatoms. The van der Waals surface area contributed by atoms with Gasteiger partial charge in [-0.15, -0.1) is 0 Å². The van der Waals surface area contributed by atoms with Crippen LogP contribution in [0.5, 0.6) is 0 Å². The molecular formula is C15H15ClN2OS. The van der Waals surface area contributed by atoms with Crippen molar-refractivity contribution >= 4 is 35.3 Å². The fourth-order valence-corrected chi connectivity index (χ4v) is 2.66. The first-order chi connectivity index (χ1) is 9.52. The lowest BCUT2D eigenvalue weighted by molar-refractivity contribution is 0.257. The number of halogens is 1. The van der Waals surface area contributed by atoms with Gasteiger partial charge in [-0.3, -0.25) is 4.72 Å². The minimum absolute atomic E-state index is 0.267. The lowest BCUT2D eigenvalue weighted by Crippen LogP contribution is -2.22. The van der Waals surface area contributed by atoms with Crippen molar-refractivity contribution in [1.29, 1.82) is 0 Å². The van der Waals surface area contributed by atoms with Crippen molar-refractivity contribution in [2.24, 2.45) is 0 Å². The maximum Gasteiger partial charge on any atom is 0.329 e. The van der Waals surface area contributed by atoms with E-state index in [0.29, 0.717) is 10.7 Å². The first-order valence-corrected chi connectivity index (χ1v) is 7.30. The highest BCUT2D eigenvalue weighted by Crippen LogP contribution is 2.19. The van der Waals surface area contributed by atoms with Crippen molar-refractivity contribution < 1.29 is 4.79 Å². The molecular weight excluding hydrogens is 292 g/mol. The lowest BCUT2D eigenvalue weighted by atomic mass is 10.2. The maximum atomic E-state index is 11.8. The van der Waals surface area contributed by atoms with Gasteiger partial charge in [0, 0.05) is 15.6 Å². The number of urea groups is 1. The molecule has 0 aliphatic heterocycles. The zero-order valence-electron chi connectivity index (χ0n) is 11.2. The van der Waals surface area contributed by atoms with E-state index in [2.05, 4.69) is 16.1 Å². The molecule has 0 saturated carbocycles. The van der Waals surface area contributed by atoms with Crippen LogP contribution in [0.4, 0.5) is 10.5 Å². The summed E-state index contributed by atoms with van der Waals surface area (Å²) in [6.45, 7) is 4.07. The highest BCUT2D eigenvalue weighted by atomic mass is 35.5. The topological polar surface area (TPSA) is 41.1 Å². The second kappa shape index (κ2) is 6.68. The van der Waals surface area contributed by atoms with Crippen LogP contribution in [0.1, 0.15) is 11.1 Å². The molecule has 0 atom stereocenters. The van der Waals surface area contributed by atoms with Crippen LogP contribution < -0.4 is 10.0 Å². The van der Waals surface area contributed by atoms with Crippen molar-refractivity contribution in [1.82, 2.24) is 4.72 Å². The highest BCUT2D eigenvalue weighted by Gasteiger charge is 2.03. The third-order valence-electron chi connectivity index (χ3n) is 2.56. The molecule has 0 unspecified atom stereocenters. The number of hydrogen-bond donors (Lipinski definition) is 2. The van der Waals surface area contributed by atoms with Crippen molar-refractivity contribution in [3.63, 3.8) is 0 Å². The van der Waals surface area contributed by atoms with Gasteiger partial charge in [0.15, 0.2) is 0 Å². The van der Waals surface area contributed by atoms with Crippen molar-refractivity contribution in [3.8, 4) is 0 Å². The Hall–Kier alpha value is -1.65. The van der Waals surface area contributed by atoms with E-state index in [4.69, 9.17) is 11.6 Å². The average Bonchev–Trinajstić information content (AvgIpc) is 2.38. The summed E-state index contributed by atoms with van der Waals surface area (Å²) in [6, 6.07) is 12.9. The van der Waals surface area contributed by atoms with Gasteiger partial charge in [0.2, 0.25) is 0 Å². The summed E-state index contributed by atoms with van der Waals surface area (Å²) in [6.07, 6.45) is 0. The summed E-state index contributed by atoms with van der Waals surface area (Å²) in [4.78, 5) is 12.8. The Kier molecular flexibility index (Phi) is 4.93. The molecule has 0 aliphatic rings. The molecule has 20 heavy (non-hydrogen) atoms. The summed E-state index contributed by atoms with van der Waals surface area (Å²) >= 11 is 7.08. The summed E-state index contributed by atoms with van der Waals surface area (Å²) < 4.78 is 2.75. The minimum Gasteiger partial charge on any atom is -0.307 e. The number of aryl methyl sites for hydroxylation is 2. The van der Waals surface area contributed by atoms with Crippen LogP contribution in [-0.4, -0.2) is 6.03 Å². The van der Waals surface area contributed by atoms with E-state index in [-0.39, 0.29) is 6.03 Å². The molecule has 0 aliphatic carbocycles. The van der Waals surface area contributed by atoms with E-state index in [9.17, 15) is 4.79 Å². The van der Waals surface area contributed by atoms with Crippen LogP contribution in [-0.2, 0) is 0 Å². The van der Waals surface area contributed by atoms with Gasteiger partial charge in [-0.25, -0.2) is 4.79 Å². The molecule has 0 spiro atoms. The molecule has 2 amide bonds. The monoisotopic (exact) mass is 306 g/mol. The standard InChI is InChI=1S/C15H15ClN2OS/c1-10-7-11(2)9-14(8-10)20-18-15(19)17-13-5-3-12(16)4-6-13/h3-9H,1-2H3,(H2,17,18,19). The Labute approximate surface area is 127 Å². The van der Waals surface area contributed by atoms with E-state index in [1.54, 1.807) is 24.3 Å². The third-order valence-corrected chi connectivity index (χ3v) is 3.57. The maximum absolute atomic E-state index is 11.8. The summed E-state index contributed by atoms with van der Waals surface area (Å²) in [5.74, 6) is 0. The molecule has 0 fully saturated rings. The van der Waals surface area contributed by atoms with Crippen LogP contribution >= 0.6 is 23.5 Å². The Morgan fingerprint density at radius 3 is 2.25 bits per heavy atom. The zero-order valence-corrected chi connectivity index (χ0v) is 12.8. The normalized spacial score (nSPS) is 10.2. The largest absolute Gasteiger partial charge is 0.329 e. The second-order valence-electron chi connectivity index (χ2n) is 4.49. The molecule has 0 bridgehead atoms. The van der Waals surface area contributed by atoms with Crippen LogP contribution in [0.3, 0.4) is 0 Å². The van der Waals surface area contributed by atoms with Gasteiger partial charge in [0.1, 0.15) is 0 Å². The van der Waals surface area contributed by atoms with E-state index in [1.807, 2.05) is 26.0 Å². The molecule has 0 heterocycles. The molecule has 2 rings (SSSR count). The number of amides is 2. The molecule has 2 aromatic rings. The molecule has 104 valence electrons. The molecule has 2 N–H and O–H groups in total. The summed E-state index contributed by atoms with van der Waals surface area (Å²) in [5.41, 5.74) is 3.05. The minimum atomic E-state index is -0.267. The molecule has 0 radical (unpaired) electrons. The predicted octanol–water partition coefficient (Wildman–Crippen LogP) is 4.79. The Morgan fingerprint density at radius 2 is 1.65 bits per heavy atom. The van der Waals surface area contributed by atoms with Gasteiger partial charge in [-0.1, -0.05) is 17.7 Å². The number of carbonyl (C=O) groups excluding carboxylic acids is 1. The molecule has 0 saturated heterocycles. The van der Waals surface area contributed by atoms with Gasteiger partial charge in [0.25, 0.3) is 0 Å². The Bertz CT molecular complexity index is 594. The quantitative estimate of drug-likeness (QED) is 0.801. The Balaban J connectivity index is 1.90. The lowest BCUT2D eigenvalue weighted by Gasteiger charge is -2.08. The van der Waals surface area contributed by atoms with Gasteiger partial charge >= 0.3 is 6.03 Å². The van der Waals surface area contributed by atoms with E-state index < -0.39 is 0 Å². The number of rotatable bonds is 3. The number of carbonyl (C=O) groups is 1. The van der Waals surface area contributed by atoms with Crippen LogP contribution in [0, 0.1) is 13.8 Å². The van der Waals surface area contributed by atoms with Gasteiger partial charge < -0.3 is 5.32 Å². The van der Waals surface area contributed by atoms with Gasteiger partial charge in [0.05, 0.1) is 0 Å². The first-order valence-electron chi connectivity index (χ1n) is 6.10. The highest BCUT2D eigenvalue weighted by molar-refractivity contribution is 7.98.